The van der Waals surface area contributed by atoms with Gasteiger partial charge in [0.2, 0.25) is 5.54 Å². The Hall–Kier alpha value is -3.56. The fraction of sp³-hybridized carbons (Fsp3) is 0.400. The number of carboxylic acid groups (broad SMARTS) is 1. The summed E-state index contributed by atoms with van der Waals surface area (Å²) in [5.74, 6) is -3.00. The molecular weight excluding hydrogens is 465 g/mol. The number of ether oxygens (including phenoxy) is 1. The first-order chi connectivity index (χ1) is 16.5. The number of carbonyl (C=O) groups excluding carboxylic acids is 2. The fourth-order valence-electron chi connectivity index (χ4n) is 4.42. The lowest BCUT2D eigenvalue weighted by Crippen LogP contribution is -2.66. The number of carbonyl (C=O) groups is 3. The molecule has 1 fully saturated rings. The van der Waals surface area contributed by atoms with Gasteiger partial charge >= 0.3 is 18.2 Å². The summed E-state index contributed by atoms with van der Waals surface area (Å²) < 4.78 is 47.4. The van der Waals surface area contributed by atoms with Crippen molar-refractivity contribution in [2.24, 2.45) is 0 Å². The number of halogens is 3. The summed E-state index contributed by atoms with van der Waals surface area (Å²) in [6, 6.07) is 14.5. The van der Waals surface area contributed by atoms with Crippen LogP contribution in [0.4, 0.5) is 18.0 Å². The van der Waals surface area contributed by atoms with Crippen LogP contribution in [0.2, 0.25) is 0 Å². The molecule has 186 valence electrons. The average molecular weight is 490 g/mol. The van der Waals surface area contributed by atoms with E-state index in [1.165, 1.54) is 0 Å². The van der Waals surface area contributed by atoms with Crippen LogP contribution in [0.5, 0.6) is 0 Å². The molecule has 0 bridgehead atoms. The topological polar surface area (TPSA) is 95.9 Å². The van der Waals surface area contributed by atoms with E-state index in [0.29, 0.717) is 19.8 Å². The van der Waals surface area contributed by atoms with E-state index in [4.69, 9.17) is 9.84 Å². The zero-order valence-electron chi connectivity index (χ0n) is 19.0. The molecule has 0 aromatic heterocycles. The molecule has 2 aromatic rings. The standard InChI is InChI=1S/C25H25F3N2O5/c1-24(25(26,27)28,22(33)30(15-10-11-15)13-12-21(31)32)29-23(34)35-14-20-18-8-4-2-6-16(18)17-7-3-5-9-19(17)20/h2-9,15,20H,10-14H2,1H3,(H,29,34)(H,31,32). The number of rotatable bonds is 8. The first-order valence-corrected chi connectivity index (χ1v) is 11.3. The Morgan fingerprint density at radius 2 is 1.57 bits per heavy atom. The summed E-state index contributed by atoms with van der Waals surface area (Å²) in [6.45, 7) is -0.0167. The zero-order chi connectivity index (χ0) is 25.4. The van der Waals surface area contributed by atoms with E-state index in [1.54, 1.807) is 5.32 Å². The first-order valence-electron chi connectivity index (χ1n) is 11.3. The van der Waals surface area contributed by atoms with E-state index >= 15 is 0 Å². The van der Waals surface area contributed by atoms with E-state index in [-0.39, 0.29) is 19.1 Å². The number of carboxylic acids is 1. The van der Waals surface area contributed by atoms with Crippen molar-refractivity contribution in [3.8, 4) is 11.1 Å². The molecule has 4 rings (SSSR count). The lowest BCUT2D eigenvalue weighted by Gasteiger charge is -2.36. The van der Waals surface area contributed by atoms with E-state index in [0.717, 1.165) is 27.2 Å². The normalized spacial score (nSPS) is 16.6. The third-order valence-corrected chi connectivity index (χ3v) is 6.51. The highest BCUT2D eigenvalue weighted by Gasteiger charge is 2.60. The van der Waals surface area contributed by atoms with Crippen LogP contribution < -0.4 is 5.32 Å². The van der Waals surface area contributed by atoms with Gasteiger partial charge < -0.3 is 14.7 Å². The maximum atomic E-state index is 14.1. The Balaban J connectivity index is 1.50. The Labute approximate surface area is 199 Å². The number of alkyl carbamates (subject to hydrolysis) is 1. The van der Waals surface area contributed by atoms with Gasteiger partial charge in [-0.05, 0) is 42.0 Å². The van der Waals surface area contributed by atoms with Crippen LogP contribution in [-0.4, -0.2) is 58.9 Å². The molecule has 35 heavy (non-hydrogen) atoms. The van der Waals surface area contributed by atoms with Gasteiger partial charge in [-0.25, -0.2) is 4.79 Å². The minimum Gasteiger partial charge on any atom is -0.481 e. The van der Waals surface area contributed by atoms with Crippen LogP contribution in [0.3, 0.4) is 0 Å². The molecule has 1 saturated carbocycles. The number of nitrogens with one attached hydrogen (secondary N) is 1. The molecule has 2 aliphatic rings. The van der Waals surface area contributed by atoms with E-state index in [1.807, 2.05) is 48.5 Å². The Bertz CT molecular complexity index is 1100. The first kappa shape index (κ1) is 24.6. The van der Waals surface area contributed by atoms with Crippen LogP contribution >= 0.6 is 0 Å². The molecule has 2 N–H and O–H groups in total. The second-order valence-electron chi connectivity index (χ2n) is 8.95. The number of hydrogen-bond donors (Lipinski definition) is 2. The van der Waals surface area contributed by atoms with Crippen LogP contribution in [0.1, 0.15) is 43.2 Å². The maximum absolute atomic E-state index is 14.1. The Morgan fingerprint density at radius 1 is 1.03 bits per heavy atom. The smallest absolute Gasteiger partial charge is 0.420 e. The molecule has 10 heteroatoms. The third-order valence-electron chi connectivity index (χ3n) is 6.51. The number of hydrogen-bond acceptors (Lipinski definition) is 4. The van der Waals surface area contributed by atoms with Crippen molar-refractivity contribution in [1.29, 1.82) is 0 Å². The van der Waals surface area contributed by atoms with Crippen molar-refractivity contribution in [3.63, 3.8) is 0 Å². The summed E-state index contributed by atoms with van der Waals surface area (Å²) in [5, 5.41) is 10.6. The van der Waals surface area contributed by atoms with Crippen molar-refractivity contribution in [2.75, 3.05) is 13.2 Å². The second-order valence-corrected chi connectivity index (χ2v) is 8.95. The van der Waals surface area contributed by atoms with E-state index in [9.17, 15) is 27.6 Å². The van der Waals surface area contributed by atoms with Gasteiger partial charge in [0, 0.05) is 18.5 Å². The highest BCUT2D eigenvalue weighted by molar-refractivity contribution is 5.91. The van der Waals surface area contributed by atoms with Crippen LogP contribution in [-0.2, 0) is 14.3 Å². The molecule has 0 saturated heterocycles. The monoisotopic (exact) mass is 490 g/mol. The van der Waals surface area contributed by atoms with Crippen LogP contribution in [0.15, 0.2) is 48.5 Å². The van der Waals surface area contributed by atoms with Gasteiger partial charge in [-0.15, -0.1) is 0 Å². The molecule has 1 unspecified atom stereocenters. The minimum absolute atomic E-state index is 0.215. The second kappa shape index (κ2) is 9.24. The molecule has 0 spiro atoms. The molecule has 0 radical (unpaired) electrons. The highest BCUT2D eigenvalue weighted by atomic mass is 19.4. The molecule has 7 nitrogen and oxygen atoms in total. The fourth-order valence-corrected chi connectivity index (χ4v) is 4.42. The molecule has 2 aromatic carbocycles. The van der Waals surface area contributed by atoms with Gasteiger partial charge in [-0.1, -0.05) is 48.5 Å². The van der Waals surface area contributed by atoms with Gasteiger partial charge in [-0.3, -0.25) is 14.9 Å². The summed E-state index contributed by atoms with van der Waals surface area (Å²) in [7, 11) is 0. The number of amides is 2. The van der Waals surface area contributed by atoms with Crippen molar-refractivity contribution >= 4 is 18.0 Å². The SMILES string of the molecule is CC(NC(=O)OCC1c2ccccc2-c2ccccc21)(C(=O)N(CCC(=O)O)C1CC1)C(F)(F)F. The van der Waals surface area contributed by atoms with Crippen molar-refractivity contribution < 1.29 is 37.4 Å². The number of nitrogens with zero attached hydrogens (tertiary/aromatic N) is 1. The van der Waals surface area contributed by atoms with Gasteiger partial charge in [0.15, 0.2) is 0 Å². The van der Waals surface area contributed by atoms with Crippen molar-refractivity contribution in [3.05, 3.63) is 59.7 Å². The van der Waals surface area contributed by atoms with Gasteiger partial charge in [0.05, 0.1) is 6.42 Å². The summed E-state index contributed by atoms with van der Waals surface area (Å²) in [5.41, 5.74) is 0.447. The van der Waals surface area contributed by atoms with Crippen molar-refractivity contribution in [2.45, 2.75) is 49.9 Å². The third kappa shape index (κ3) is 4.82. The number of benzene rings is 2. The van der Waals surface area contributed by atoms with E-state index < -0.39 is 42.1 Å². The summed E-state index contributed by atoms with van der Waals surface area (Å²) >= 11 is 0. The van der Waals surface area contributed by atoms with Gasteiger partial charge in [0.25, 0.3) is 5.91 Å². The average Bonchev–Trinajstić information content (AvgIpc) is 3.59. The number of aliphatic carboxylic acids is 1. The van der Waals surface area contributed by atoms with Crippen molar-refractivity contribution in [1.82, 2.24) is 10.2 Å². The largest absolute Gasteiger partial charge is 0.481 e. The predicted molar refractivity (Wildman–Crippen MR) is 120 cm³/mol. The molecule has 1 atom stereocenters. The molecule has 2 amide bonds. The molecular formula is C25H25F3N2O5. The zero-order valence-corrected chi connectivity index (χ0v) is 19.0. The van der Waals surface area contributed by atoms with E-state index in [2.05, 4.69) is 0 Å². The van der Waals surface area contributed by atoms with Gasteiger partial charge in [0.1, 0.15) is 6.61 Å². The van der Waals surface area contributed by atoms with Crippen LogP contribution in [0.25, 0.3) is 11.1 Å². The van der Waals surface area contributed by atoms with Crippen LogP contribution in [0, 0.1) is 0 Å². The summed E-state index contributed by atoms with van der Waals surface area (Å²) in [6.07, 6.45) is -6.06. The quantitative estimate of drug-likeness (QED) is 0.575. The van der Waals surface area contributed by atoms with Gasteiger partial charge in [-0.2, -0.15) is 13.2 Å². The Kier molecular flexibility index (Phi) is 6.48. The minimum atomic E-state index is -5.13. The number of alkyl halides is 3. The predicted octanol–water partition coefficient (Wildman–Crippen LogP) is 4.31. The maximum Gasteiger partial charge on any atom is 0.420 e. The number of fused-ring (bicyclic) bond motifs is 3. The highest BCUT2D eigenvalue weighted by Crippen LogP contribution is 2.44. The lowest BCUT2D eigenvalue weighted by molar-refractivity contribution is -0.200. The molecule has 0 heterocycles. The lowest BCUT2D eigenvalue weighted by atomic mass is 9.98. The molecule has 2 aliphatic carbocycles. The molecule has 0 aliphatic heterocycles. The summed E-state index contributed by atoms with van der Waals surface area (Å²) in [4.78, 5) is 37.4. The Morgan fingerprint density at radius 3 is 2.06 bits per heavy atom.